The van der Waals surface area contributed by atoms with E-state index in [-0.39, 0.29) is 24.0 Å². The zero-order valence-electron chi connectivity index (χ0n) is 17.5. The van der Waals surface area contributed by atoms with Crippen molar-refractivity contribution >= 4 is 5.78 Å². The average Bonchev–Trinajstić information content (AvgIpc) is 3.50. The van der Waals surface area contributed by atoms with E-state index in [0.29, 0.717) is 30.9 Å². The van der Waals surface area contributed by atoms with Gasteiger partial charge in [-0.3, -0.25) is 10.1 Å². The summed E-state index contributed by atoms with van der Waals surface area (Å²) in [5.74, 6) is -1.96. The van der Waals surface area contributed by atoms with Crippen LogP contribution in [0.2, 0.25) is 0 Å². The van der Waals surface area contributed by atoms with Gasteiger partial charge in [-0.2, -0.15) is 18.4 Å². The van der Waals surface area contributed by atoms with Gasteiger partial charge in [-0.1, -0.05) is 37.6 Å². The molecule has 2 atom stereocenters. The highest BCUT2D eigenvalue weighted by atomic mass is 19.4. The van der Waals surface area contributed by atoms with Crippen LogP contribution in [0, 0.1) is 28.4 Å². The highest BCUT2D eigenvalue weighted by Crippen LogP contribution is 2.48. The Bertz CT molecular complexity index is 1010. The van der Waals surface area contributed by atoms with Gasteiger partial charge in [0, 0.05) is 18.1 Å². The van der Waals surface area contributed by atoms with Crippen molar-refractivity contribution in [2.45, 2.75) is 57.3 Å². The Kier molecular flexibility index (Phi) is 6.99. The van der Waals surface area contributed by atoms with E-state index in [1.165, 1.54) is 30.3 Å². The molecule has 0 radical (unpaired) electrons. The molecule has 0 amide bonds. The third kappa shape index (κ3) is 5.52. The smallest absolute Gasteiger partial charge is 0.298 e. The lowest BCUT2D eigenvalue weighted by atomic mass is 9.93. The number of Topliss-reactive ketones (excluding diaryl/α,β-unsaturated/α-hetero) is 1. The minimum absolute atomic E-state index is 0.0610. The monoisotopic (exact) mass is 450 g/mol. The van der Waals surface area contributed by atoms with Crippen LogP contribution in [0.15, 0.2) is 42.5 Å². The molecule has 1 N–H and O–H groups in total. The number of nitrogens with one attached hydrogen (secondary N) is 1. The van der Waals surface area contributed by atoms with Crippen LogP contribution < -0.4 is 5.32 Å². The largest absolute Gasteiger partial charge is 0.407 e. The van der Waals surface area contributed by atoms with Gasteiger partial charge < -0.3 is 0 Å². The van der Waals surface area contributed by atoms with Crippen molar-refractivity contribution in [3.8, 4) is 17.2 Å². The Morgan fingerprint density at radius 2 is 1.81 bits per heavy atom. The number of hydrogen-bond donors (Lipinski definition) is 1. The van der Waals surface area contributed by atoms with E-state index in [1.54, 1.807) is 6.92 Å². The van der Waals surface area contributed by atoms with E-state index < -0.39 is 41.1 Å². The molecular weight excluding hydrogens is 427 g/mol. The predicted molar refractivity (Wildman–Crippen MR) is 109 cm³/mol. The minimum atomic E-state index is -4.68. The molecule has 3 nitrogen and oxygen atoms in total. The molecule has 0 unspecified atom stereocenters. The highest BCUT2D eigenvalue weighted by Gasteiger charge is 2.47. The molecule has 0 saturated heterocycles. The summed E-state index contributed by atoms with van der Waals surface area (Å²) in [5.41, 5.74) is -0.490. The summed E-state index contributed by atoms with van der Waals surface area (Å²) < 4.78 is 68.8. The molecule has 2 aromatic rings. The van der Waals surface area contributed by atoms with Gasteiger partial charge in [0.05, 0.1) is 17.5 Å². The first kappa shape index (κ1) is 23.9. The van der Waals surface area contributed by atoms with Gasteiger partial charge in [-0.15, -0.1) is 0 Å². The van der Waals surface area contributed by atoms with E-state index in [0.717, 1.165) is 6.07 Å². The Balaban J connectivity index is 1.84. The summed E-state index contributed by atoms with van der Waals surface area (Å²) >= 11 is 0. The highest BCUT2D eigenvalue weighted by molar-refractivity contribution is 5.85. The van der Waals surface area contributed by atoms with E-state index in [9.17, 15) is 32.0 Å². The summed E-state index contributed by atoms with van der Waals surface area (Å²) in [6, 6.07) is 7.05. The van der Waals surface area contributed by atoms with Gasteiger partial charge in [0.1, 0.15) is 17.7 Å². The Labute approximate surface area is 183 Å². The van der Waals surface area contributed by atoms with Gasteiger partial charge in [0.25, 0.3) is 0 Å². The fourth-order valence-corrected chi connectivity index (χ4v) is 3.72. The number of carbonyl (C=O) groups excluding carboxylic acids is 1. The fourth-order valence-electron chi connectivity index (χ4n) is 3.72. The number of ketones is 1. The first-order valence-electron chi connectivity index (χ1n) is 10.4. The van der Waals surface area contributed by atoms with Crippen molar-refractivity contribution < 1.29 is 26.7 Å². The quantitative estimate of drug-likeness (QED) is 0.459. The molecule has 1 fully saturated rings. The zero-order chi connectivity index (χ0) is 23.5. The van der Waals surface area contributed by atoms with Crippen molar-refractivity contribution in [3.05, 3.63) is 59.7 Å². The van der Waals surface area contributed by atoms with Crippen molar-refractivity contribution in [1.29, 1.82) is 5.26 Å². The number of alkyl halides is 3. The van der Waals surface area contributed by atoms with Crippen molar-refractivity contribution in [3.63, 3.8) is 0 Å². The van der Waals surface area contributed by atoms with Crippen LogP contribution in [-0.4, -0.2) is 18.0 Å². The molecule has 0 bridgehead atoms. The second kappa shape index (κ2) is 9.37. The average molecular weight is 450 g/mol. The maximum Gasteiger partial charge on any atom is 0.407 e. The van der Waals surface area contributed by atoms with Crippen molar-refractivity contribution in [1.82, 2.24) is 5.32 Å². The van der Waals surface area contributed by atoms with Crippen LogP contribution in [0.4, 0.5) is 22.0 Å². The van der Waals surface area contributed by atoms with Crippen LogP contribution >= 0.6 is 0 Å². The van der Waals surface area contributed by atoms with Crippen molar-refractivity contribution in [2.75, 3.05) is 0 Å². The van der Waals surface area contributed by atoms with Gasteiger partial charge in [-0.25, -0.2) is 8.78 Å². The molecule has 1 aliphatic carbocycles. The van der Waals surface area contributed by atoms with E-state index in [4.69, 9.17) is 0 Å². The van der Waals surface area contributed by atoms with Gasteiger partial charge in [0.15, 0.2) is 5.78 Å². The zero-order valence-corrected chi connectivity index (χ0v) is 17.5. The number of nitriles is 1. The fraction of sp³-hybridized carbons (Fsp3) is 0.417. The molecule has 2 aromatic carbocycles. The number of rotatable bonds is 9. The lowest BCUT2D eigenvalue weighted by Gasteiger charge is -2.27. The normalized spacial score (nSPS) is 16.8. The SMILES string of the molecule is CCC[C@H](N[C@@H](c1ccc(-c2ccc(F)cc2F)cc1)C(F)(F)F)C(=O)CC1(C#N)CC1. The molecule has 8 heteroatoms. The number of halogens is 5. The molecule has 32 heavy (non-hydrogen) atoms. The summed E-state index contributed by atoms with van der Waals surface area (Å²) in [4.78, 5) is 12.7. The van der Waals surface area contributed by atoms with Gasteiger partial charge in [-0.05, 0) is 42.5 Å². The molecule has 3 rings (SSSR count). The summed E-state index contributed by atoms with van der Waals surface area (Å²) in [7, 11) is 0. The molecule has 1 saturated carbocycles. The summed E-state index contributed by atoms with van der Waals surface area (Å²) in [6.07, 6.45) is -2.87. The number of benzene rings is 2. The van der Waals surface area contributed by atoms with Crippen LogP contribution in [0.5, 0.6) is 0 Å². The third-order valence-corrected chi connectivity index (χ3v) is 5.75. The summed E-state index contributed by atoms with van der Waals surface area (Å²) in [6.45, 7) is 1.77. The van der Waals surface area contributed by atoms with Crippen LogP contribution in [0.3, 0.4) is 0 Å². The summed E-state index contributed by atoms with van der Waals surface area (Å²) in [5, 5.41) is 11.7. The lowest BCUT2D eigenvalue weighted by Crippen LogP contribution is -2.45. The maximum atomic E-state index is 14.0. The predicted octanol–water partition coefficient (Wildman–Crippen LogP) is 6.26. The van der Waals surface area contributed by atoms with Gasteiger partial charge in [0.2, 0.25) is 0 Å². The molecule has 0 spiro atoms. The number of carbonyl (C=O) groups is 1. The first-order valence-corrected chi connectivity index (χ1v) is 10.4. The molecule has 0 heterocycles. The maximum absolute atomic E-state index is 14.0. The minimum Gasteiger partial charge on any atom is -0.298 e. The Hall–Kier alpha value is -2.79. The number of hydrogen-bond acceptors (Lipinski definition) is 3. The third-order valence-electron chi connectivity index (χ3n) is 5.75. The van der Waals surface area contributed by atoms with Crippen LogP contribution in [-0.2, 0) is 4.79 Å². The second-order valence-corrected chi connectivity index (χ2v) is 8.26. The van der Waals surface area contributed by atoms with Crippen molar-refractivity contribution in [2.24, 2.45) is 5.41 Å². The van der Waals surface area contributed by atoms with Crippen LogP contribution in [0.25, 0.3) is 11.1 Å². The van der Waals surface area contributed by atoms with E-state index in [1.807, 2.05) is 0 Å². The molecule has 0 aliphatic heterocycles. The standard InChI is InChI=1S/C24H23F5N2O/c1-2-3-20(21(32)13-23(14-30)10-11-23)31-22(24(27,28)29)16-6-4-15(5-7-16)18-9-8-17(25)12-19(18)26/h4-9,12,20,22,31H,2-3,10-11,13H2,1H3/t20-,22-/m0/s1. The number of nitrogens with zero attached hydrogens (tertiary/aromatic N) is 1. The molecule has 170 valence electrons. The Morgan fingerprint density at radius 3 is 2.31 bits per heavy atom. The Morgan fingerprint density at radius 1 is 1.16 bits per heavy atom. The first-order chi connectivity index (χ1) is 15.1. The lowest BCUT2D eigenvalue weighted by molar-refractivity contribution is -0.160. The second-order valence-electron chi connectivity index (χ2n) is 8.26. The van der Waals surface area contributed by atoms with Gasteiger partial charge >= 0.3 is 6.18 Å². The molecule has 1 aliphatic rings. The molecular formula is C24H23F5N2O. The van der Waals surface area contributed by atoms with E-state index >= 15 is 0 Å². The molecule has 0 aromatic heterocycles. The van der Waals surface area contributed by atoms with E-state index in [2.05, 4.69) is 11.4 Å². The topological polar surface area (TPSA) is 52.9 Å². The van der Waals surface area contributed by atoms with Crippen LogP contribution in [0.1, 0.15) is 50.6 Å².